The second-order valence-corrected chi connectivity index (χ2v) is 6.66. The molecule has 146 valence electrons. The lowest BCUT2D eigenvalue weighted by atomic mass is 10.1. The highest BCUT2D eigenvalue weighted by Gasteiger charge is 2.31. The van der Waals surface area contributed by atoms with Gasteiger partial charge in [-0.3, -0.25) is 9.59 Å². The van der Waals surface area contributed by atoms with Crippen molar-refractivity contribution in [3.63, 3.8) is 0 Å². The number of carbonyl (C=O) groups is 2. The van der Waals surface area contributed by atoms with Crippen molar-refractivity contribution >= 4 is 17.5 Å². The van der Waals surface area contributed by atoms with Gasteiger partial charge >= 0.3 is 0 Å². The van der Waals surface area contributed by atoms with Crippen LogP contribution in [0.3, 0.4) is 0 Å². The summed E-state index contributed by atoms with van der Waals surface area (Å²) >= 11 is 0. The van der Waals surface area contributed by atoms with E-state index in [0.29, 0.717) is 36.8 Å². The van der Waals surface area contributed by atoms with Crippen LogP contribution in [0.5, 0.6) is 17.2 Å². The summed E-state index contributed by atoms with van der Waals surface area (Å²) in [7, 11) is 0. The average Bonchev–Trinajstić information content (AvgIpc) is 3.31. The molecule has 8 heteroatoms. The summed E-state index contributed by atoms with van der Waals surface area (Å²) < 4.78 is 28.8. The van der Waals surface area contributed by atoms with E-state index in [1.165, 1.54) is 24.3 Å². The molecule has 0 bridgehead atoms. The van der Waals surface area contributed by atoms with E-state index in [-0.39, 0.29) is 36.9 Å². The van der Waals surface area contributed by atoms with Crippen LogP contribution in [0.2, 0.25) is 0 Å². The molecule has 2 aliphatic rings. The summed E-state index contributed by atoms with van der Waals surface area (Å²) in [5.41, 5.74) is 0.753. The quantitative estimate of drug-likeness (QED) is 0.823. The maximum Gasteiger partial charge on any atom is 0.257 e. The first kappa shape index (κ1) is 18.1. The molecule has 0 spiro atoms. The normalized spacial score (nSPS) is 17.7. The Labute approximate surface area is 161 Å². The third-order valence-electron chi connectivity index (χ3n) is 4.64. The third-order valence-corrected chi connectivity index (χ3v) is 4.64. The van der Waals surface area contributed by atoms with E-state index >= 15 is 0 Å². The van der Waals surface area contributed by atoms with Gasteiger partial charge < -0.3 is 24.4 Å². The monoisotopic (exact) mass is 386 g/mol. The van der Waals surface area contributed by atoms with Crippen molar-refractivity contribution in [3.05, 3.63) is 48.3 Å². The molecule has 2 aromatic rings. The van der Waals surface area contributed by atoms with Crippen LogP contribution in [0.25, 0.3) is 0 Å². The van der Waals surface area contributed by atoms with Crippen LogP contribution in [0.1, 0.15) is 6.42 Å². The lowest BCUT2D eigenvalue weighted by Crippen LogP contribution is -2.34. The molecule has 0 unspecified atom stereocenters. The van der Waals surface area contributed by atoms with Gasteiger partial charge in [-0.05, 0) is 36.4 Å². The molecule has 2 amide bonds. The molecule has 2 aliphatic heterocycles. The van der Waals surface area contributed by atoms with E-state index < -0.39 is 0 Å². The molecule has 1 atom stereocenters. The zero-order valence-electron chi connectivity index (χ0n) is 15.0. The van der Waals surface area contributed by atoms with Gasteiger partial charge in [0.1, 0.15) is 11.6 Å². The van der Waals surface area contributed by atoms with Gasteiger partial charge in [0.15, 0.2) is 18.1 Å². The Hall–Kier alpha value is -3.29. The third kappa shape index (κ3) is 4.00. The van der Waals surface area contributed by atoms with Crippen LogP contribution >= 0.6 is 0 Å². The Morgan fingerprint density at radius 1 is 1.18 bits per heavy atom. The van der Waals surface area contributed by atoms with Gasteiger partial charge in [0.2, 0.25) is 12.7 Å². The van der Waals surface area contributed by atoms with Gasteiger partial charge in [0.05, 0.1) is 0 Å². The fourth-order valence-corrected chi connectivity index (χ4v) is 3.21. The summed E-state index contributed by atoms with van der Waals surface area (Å²) in [6.45, 7) is 0.898. The van der Waals surface area contributed by atoms with E-state index in [9.17, 15) is 14.0 Å². The molecule has 2 aromatic carbocycles. The number of fused-ring (bicyclic) bond motifs is 1. The summed E-state index contributed by atoms with van der Waals surface area (Å²) in [6.07, 6.45) is 0.355. The summed E-state index contributed by atoms with van der Waals surface area (Å²) in [4.78, 5) is 26.0. The van der Waals surface area contributed by atoms with Gasteiger partial charge in [0, 0.05) is 37.2 Å². The van der Waals surface area contributed by atoms with Crippen LogP contribution < -0.4 is 24.4 Å². The fraction of sp³-hybridized carbons (Fsp3) is 0.300. The number of hydrogen-bond donors (Lipinski definition) is 1. The highest BCUT2D eigenvalue weighted by Crippen LogP contribution is 2.37. The largest absolute Gasteiger partial charge is 0.484 e. The maximum atomic E-state index is 12.9. The number of amides is 2. The lowest BCUT2D eigenvalue weighted by molar-refractivity contribution is -0.123. The number of nitrogens with zero attached hydrogens (tertiary/aromatic N) is 1. The molecular weight excluding hydrogens is 367 g/mol. The molecule has 0 saturated carbocycles. The smallest absolute Gasteiger partial charge is 0.257 e. The zero-order chi connectivity index (χ0) is 19.5. The van der Waals surface area contributed by atoms with Gasteiger partial charge in [-0.2, -0.15) is 0 Å². The van der Waals surface area contributed by atoms with E-state index in [1.54, 1.807) is 17.0 Å². The van der Waals surface area contributed by atoms with Crippen LogP contribution in [-0.4, -0.2) is 38.3 Å². The Kier molecular flexibility index (Phi) is 5.01. The Balaban J connectivity index is 1.26. The summed E-state index contributed by atoms with van der Waals surface area (Å²) in [5, 5.41) is 2.78. The van der Waals surface area contributed by atoms with Crippen molar-refractivity contribution in [3.8, 4) is 17.2 Å². The number of nitrogens with one attached hydrogen (secondary N) is 1. The van der Waals surface area contributed by atoms with E-state index in [0.717, 1.165) is 5.69 Å². The maximum absolute atomic E-state index is 12.9. The number of ether oxygens (including phenoxy) is 3. The second-order valence-electron chi connectivity index (χ2n) is 6.66. The number of anilines is 1. The van der Waals surface area contributed by atoms with Gasteiger partial charge in [-0.1, -0.05) is 0 Å². The van der Waals surface area contributed by atoms with Gasteiger partial charge in [-0.25, -0.2) is 4.39 Å². The topological polar surface area (TPSA) is 77.1 Å². The number of halogens is 1. The van der Waals surface area contributed by atoms with Crippen LogP contribution in [0.15, 0.2) is 42.5 Å². The molecule has 2 heterocycles. The van der Waals surface area contributed by atoms with Crippen LogP contribution in [-0.2, 0) is 9.59 Å². The van der Waals surface area contributed by atoms with E-state index in [4.69, 9.17) is 14.2 Å². The molecule has 7 nitrogen and oxygen atoms in total. The number of benzene rings is 2. The zero-order valence-corrected chi connectivity index (χ0v) is 15.0. The van der Waals surface area contributed by atoms with Gasteiger partial charge in [0.25, 0.3) is 5.91 Å². The predicted octanol–water partition coefficient (Wildman–Crippen LogP) is 2.10. The highest BCUT2D eigenvalue weighted by molar-refractivity contribution is 5.96. The molecule has 1 fully saturated rings. The fourth-order valence-electron chi connectivity index (χ4n) is 3.21. The first-order chi connectivity index (χ1) is 13.6. The average molecular weight is 386 g/mol. The van der Waals surface area contributed by atoms with Crippen LogP contribution in [0.4, 0.5) is 10.1 Å². The van der Waals surface area contributed by atoms with E-state index in [2.05, 4.69) is 5.32 Å². The first-order valence-electron chi connectivity index (χ1n) is 8.93. The minimum atomic E-state index is -0.366. The molecule has 0 aliphatic carbocycles. The van der Waals surface area contributed by atoms with Crippen molar-refractivity contribution in [2.45, 2.75) is 6.42 Å². The lowest BCUT2D eigenvalue weighted by Gasteiger charge is -2.17. The first-order valence-corrected chi connectivity index (χ1v) is 8.93. The van der Waals surface area contributed by atoms with Crippen LogP contribution in [0, 0.1) is 11.7 Å². The predicted molar refractivity (Wildman–Crippen MR) is 97.9 cm³/mol. The SMILES string of the molecule is O=C(COc1ccc(F)cc1)NC[C@H]1CC(=O)N(c2ccc3c(c2)OCO3)C1. The molecule has 28 heavy (non-hydrogen) atoms. The van der Waals surface area contributed by atoms with Crippen molar-refractivity contribution in [1.82, 2.24) is 5.32 Å². The number of carbonyl (C=O) groups excluding carboxylic acids is 2. The highest BCUT2D eigenvalue weighted by atomic mass is 19.1. The number of hydrogen-bond acceptors (Lipinski definition) is 5. The minimum absolute atomic E-state index is 0.000626. The Morgan fingerprint density at radius 3 is 2.79 bits per heavy atom. The summed E-state index contributed by atoms with van der Waals surface area (Å²) in [5.74, 6) is 1.06. The number of rotatable bonds is 6. The molecule has 0 aromatic heterocycles. The Morgan fingerprint density at radius 2 is 1.96 bits per heavy atom. The molecule has 1 saturated heterocycles. The second kappa shape index (κ2) is 7.75. The Bertz CT molecular complexity index is 887. The van der Waals surface area contributed by atoms with Crippen molar-refractivity contribution in [2.75, 3.05) is 31.4 Å². The van der Waals surface area contributed by atoms with Crippen molar-refractivity contribution in [1.29, 1.82) is 0 Å². The standard InChI is InChI=1S/C20H19FN2O5/c21-14-1-4-16(5-2-14)26-11-19(24)22-9-13-7-20(25)23(10-13)15-3-6-17-18(8-15)28-12-27-17/h1-6,8,13H,7,9-12H2,(H,22,24)/t13-/m1/s1. The minimum Gasteiger partial charge on any atom is -0.484 e. The summed E-state index contributed by atoms with van der Waals surface area (Å²) in [6, 6.07) is 10.8. The van der Waals surface area contributed by atoms with Gasteiger partial charge in [-0.15, -0.1) is 0 Å². The van der Waals surface area contributed by atoms with Crippen molar-refractivity contribution in [2.24, 2.45) is 5.92 Å². The molecular formula is C20H19FN2O5. The molecule has 4 rings (SSSR count). The van der Waals surface area contributed by atoms with E-state index in [1.807, 2.05) is 6.07 Å². The molecule has 1 N–H and O–H groups in total. The molecule has 0 radical (unpaired) electrons. The van der Waals surface area contributed by atoms with Crippen molar-refractivity contribution < 1.29 is 28.2 Å².